The van der Waals surface area contributed by atoms with Crippen molar-refractivity contribution in [2.24, 2.45) is 0 Å². The zero-order chi connectivity index (χ0) is 10.3. The highest BCUT2D eigenvalue weighted by Crippen LogP contribution is 2.44. The maximum atomic E-state index is 12.4. The molecule has 0 bridgehead atoms. The van der Waals surface area contributed by atoms with E-state index < -0.39 is 6.43 Å². The molecule has 0 amide bonds. The van der Waals surface area contributed by atoms with Gasteiger partial charge in [-0.05, 0) is 12.1 Å². The van der Waals surface area contributed by atoms with E-state index in [0.717, 1.165) is 11.3 Å². The summed E-state index contributed by atoms with van der Waals surface area (Å²) in [6, 6.07) is 4.98. The molecule has 0 aliphatic heterocycles. The molecular weight excluding hydrogens is 226 g/mol. The van der Waals surface area contributed by atoms with Gasteiger partial charge in [-0.1, -0.05) is 6.07 Å². The molecule has 0 fully saturated rings. The second kappa shape index (κ2) is 3.40. The van der Waals surface area contributed by atoms with Gasteiger partial charge in [-0.2, -0.15) is 0 Å². The molecule has 2 aromatic rings. The topological polar surface area (TPSA) is 20.2 Å². The van der Waals surface area contributed by atoms with Gasteiger partial charge in [0.15, 0.2) is 0 Å². The lowest BCUT2D eigenvalue weighted by Crippen LogP contribution is -1.75. The molecule has 1 N–H and O–H groups in total. The Morgan fingerprint density at radius 2 is 2.07 bits per heavy atom. The first-order valence-electron chi connectivity index (χ1n) is 3.82. The number of alkyl halides is 2. The summed E-state index contributed by atoms with van der Waals surface area (Å²) in [7, 11) is 0. The third-order valence-electron chi connectivity index (χ3n) is 1.89. The Morgan fingerprint density at radius 1 is 1.36 bits per heavy atom. The Kier molecular flexibility index (Phi) is 2.36. The lowest BCUT2D eigenvalue weighted by Gasteiger charge is -1.94. The molecule has 0 saturated carbocycles. The molecule has 1 nitrogen and oxygen atoms in total. The zero-order valence-electron chi connectivity index (χ0n) is 6.87. The van der Waals surface area contributed by atoms with E-state index in [0.29, 0.717) is 15.0 Å². The molecule has 0 aliphatic carbocycles. The Labute approximate surface area is 88.4 Å². The van der Waals surface area contributed by atoms with E-state index in [1.54, 1.807) is 18.2 Å². The van der Waals surface area contributed by atoms with E-state index in [-0.39, 0.29) is 10.6 Å². The van der Waals surface area contributed by atoms with Crippen LogP contribution >= 0.6 is 24.0 Å². The average Bonchev–Trinajstić information content (AvgIpc) is 2.46. The van der Waals surface area contributed by atoms with Gasteiger partial charge in [0.05, 0.1) is 4.70 Å². The van der Waals surface area contributed by atoms with Gasteiger partial charge in [-0.15, -0.1) is 24.0 Å². The number of hydrogen-bond donors (Lipinski definition) is 2. The monoisotopic (exact) mass is 232 g/mol. The highest BCUT2D eigenvalue weighted by Gasteiger charge is 2.19. The predicted octanol–water partition coefficient (Wildman–Crippen LogP) is 3.83. The number of rotatable bonds is 1. The number of hydrogen-bond acceptors (Lipinski definition) is 3. The largest absolute Gasteiger partial charge is 0.506 e. The molecule has 0 unspecified atom stereocenters. The third-order valence-corrected chi connectivity index (χ3v) is 3.65. The van der Waals surface area contributed by atoms with Crippen molar-refractivity contribution in [3.63, 3.8) is 0 Å². The summed E-state index contributed by atoms with van der Waals surface area (Å²) < 4.78 is 25.4. The zero-order valence-corrected chi connectivity index (χ0v) is 8.58. The molecule has 5 heteroatoms. The van der Waals surface area contributed by atoms with E-state index in [2.05, 4.69) is 12.6 Å². The summed E-state index contributed by atoms with van der Waals surface area (Å²) >= 11 is 5.02. The van der Waals surface area contributed by atoms with Gasteiger partial charge in [-0.25, -0.2) is 8.78 Å². The van der Waals surface area contributed by atoms with Gasteiger partial charge in [0, 0.05) is 10.3 Å². The first-order valence-corrected chi connectivity index (χ1v) is 5.09. The number of thiophene rings is 1. The van der Waals surface area contributed by atoms with Crippen molar-refractivity contribution in [1.29, 1.82) is 0 Å². The molecule has 0 atom stereocenters. The molecule has 1 aromatic carbocycles. The van der Waals surface area contributed by atoms with Crippen LogP contribution in [0.15, 0.2) is 23.1 Å². The van der Waals surface area contributed by atoms with Gasteiger partial charge in [0.2, 0.25) is 0 Å². The van der Waals surface area contributed by atoms with Crippen molar-refractivity contribution in [2.75, 3.05) is 0 Å². The van der Waals surface area contributed by atoms with Crippen LogP contribution in [0.1, 0.15) is 11.3 Å². The smallest absolute Gasteiger partial charge is 0.276 e. The fraction of sp³-hybridized carbons (Fsp3) is 0.111. The molecule has 1 aromatic heterocycles. The molecular formula is C9H6F2OS2. The standard InChI is InChI=1S/C9H6F2OS2/c10-9(11)8-6(12)4-2-1-3-5(13)7(4)14-8/h1-3,9,12-13H. The number of fused-ring (bicyclic) bond motifs is 1. The summed E-state index contributed by atoms with van der Waals surface area (Å²) in [5, 5.41) is 9.92. The fourth-order valence-corrected chi connectivity index (χ4v) is 2.56. The van der Waals surface area contributed by atoms with Gasteiger partial charge in [0.25, 0.3) is 6.43 Å². The lowest BCUT2D eigenvalue weighted by molar-refractivity contribution is 0.152. The number of aromatic hydroxyl groups is 1. The van der Waals surface area contributed by atoms with E-state index in [1.807, 2.05) is 0 Å². The molecule has 74 valence electrons. The maximum absolute atomic E-state index is 12.4. The van der Waals surface area contributed by atoms with Crippen molar-refractivity contribution in [3.8, 4) is 5.75 Å². The van der Waals surface area contributed by atoms with Gasteiger partial charge in [0.1, 0.15) is 10.6 Å². The van der Waals surface area contributed by atoms with E-state index in [9.17, 15) is 13.9 Å². The number of benzene rings is 1. The summed E-state index contributed by atoms with van der Waals surface area (Å²) in [5.41, 5.74) is 0. The van der Waals surface area contributed by atoms with Crippen LogP contribution in [0.25, 0.3) is 10.1 Å². The number of halogens is 2. The van der Waals surface area contributed by atoms with E-state index in [1.165, 1.54) is 0 Å². The van der Waals surface area contributed by atoms with Crippen molar-refractivity contribution < 1.29 is 13.9 Å². The molecule has 2 rings (SSSR count). The quantitative estimate of drug-likeness (QED) is 0.716. The average molecular weight is 232 g/mol. The SMILES string of the molecule is Oc1c(C(F)F)sc2c(S)cccc12. The molecule has 1 heterocycles. The Balaban J connectivity index is 2.80. The minimum Gasteiger partial charge on any atom is -0.506 e. The molecule has 0 saturated heterocycles. The van der Waals surface area contributed by atoms with Crippen LogP contribution in [0.5, 0.6) is 5.75 Å². The van der Waals surface area contributed by atoms with Crippen LogP contribution in [-0.2, 0) is 0 Å². The number of thiol groups is 1. The molecule has 0 aliphatic rings. The summed E-state index contributed by atoms with van der Waals surface area (Å²) in [5.74, 6) is -0.323. The second-order valence-corrected chi connectivity index (χ2v) is 4.30. The second-order valence-electron chi connectivity index (χ2n) is 2.77. The van der Waals surface area contributed by atoms with Gasteiger partial charge >= 0.3 is 0 Å². The predicted molar refractivity (Wildman–Crippen MR) is 55.7 cm³/mol. The first-order chi connectivity index (χ1) is 6.61. The van der Waals surface area contributed by atoms with Crippen LogP contribution in [0.2, 0.25) is 0 Å². The maximum Gasteiger partial charge on any atom is 0.276 e. The summed E-state index contributed by atoms with van der Waals surface area (Å²) in [6.07, 6.45) is -2.64. The van der Waals surface area contributed by atoms with Gasteiger partial charge < -0.3 is 5.11 Å². The van der Waals surface area contributed by atoms with Crippen LogP contribution in [-0.4, -0.2) is 5.11 Å². The van der Waals surface area contributed by atoms with Crippen LogP contribution in [0, 0.1) is 0 Å². The van der Waals surface area contributed by atoms with E-state index in [4.69, 9.17) is 0 Å². The Morgan fingerprint density at radius 3 is 2.64 bits per heavy atom. The Bertz CT molecular complexity index is 479. The molecule has 0 spiro atoms. The van der Waals surface area contributed by atoms with Crippen molar-refractivity contribution in [1.82, 2.24) is 0 Å². The van der Waals surface area contributed by atoms with E-state index >= 15 is 0 Å². The summed E-state index contributed by atoms with van der Waals surface area (Å²) in [4.78, 5) is 0.316. The third kappa shape index (κ3) is 1.36. The molecule has 0 radical (unpaired) electrons. The minimum absolute atomic E-state index is 0.290. The van der Waals surface area contributed by atoms with Crippen molar-refractivity contribution in [3.05, 3.63) is 23.1 Å². The van der Waals surface area contributed by atoms with Crippen LogP contribution < -0.4 is 0 Å². The van der Waals surface area contributed by atoms with Crippen LogP contribution in [0.3, 0.4) is 0 Å². The first kappa shape index (κ1) is 9.73. The Hall–Kier alpha value is -0.810. The van der Waals surface area contributed by atoms with Gasteiger partial charge in [-0.3, -0.25) is 0 Å². The fourth-order valence-electron chi connectivity index (χ4n) is 1.26. The highest BCUT2D eigenvalue weighted by molar-refractivity contribution is 7.80. The normalized spacial score (nSPS) is 11.4. The molecule has 14 heavy (non-hydrogen) atoms. The van der Waals surface area contributed by atoms with Crippen molar-refractivity contribution >= 4 is 34.1 Å². The van der Waals surface area contributed by atoms with Crippen molar-refractivity contribution in [2.45, 2.75) is 11.3 Å². The highest BCUT2D eigenvalue weighted by atomic mass is 32.1. The lowest BCUT2D eigenvalue weighted by atomic mass is 10.2. The minimum atomic E-state index is -2.64. The van der Waals surface area contributed by atoms with Crippen LogP contribution in [0.4, 0.5) is 8.78 Å². The summed E-state index contributed by atoms with van der Waals surface area (Å²) in [6.45, 7) is 0.